The molecule has 0 spiro atoms. The Morgan fingerprint density at radius 3 is 2.97 bits per heavy atom. The molecule has 2 heterocycles. The molecule has 0 saturated heterocycles. The molecule has 10 heteroatoms. The molecule has 1 aliphatic heterocycles. The van der Waals surface area contributed by atoms with Crippen molar-refractivity contribution >= 4 is 12.0 Å². The number of hydrogen-bond donors (Lipinski definition) is 1. The Morgan fingerprint density at radius 2 is 2.28 bits per heavy atom. The summed E-state index contributed by atoms with van der Waals surface area (Å²) in [6, 6.07) is -0.295. The SMILES string of the molecule is CCOC(=O)N(C)C[C@@H]1OCc2cn(nn2)CCCC(=O)N([C@H](C)CO)C[C@H]1C. The molecule has 0 saturated carbocycles. The number of carbonyl (C=O) groups is 2. The van der Waals surface area contributed by atoms with Crippen molar-refractivity contribution in [3.63, 3.8) is 0 Å². The van der Waals surface area contributed by atoms with E-state index in [0.29, 0.717) is 44.8 Å². The van der Waals surface area contributed by atoms with Crippen LogP contribution < -0.4 is 0 Å². The number of hydrogen-bond acceptors (Lipinski definition) is 7. The van der Waals surface area contributed by atoms with Crippen LogP contribution in [0.4, 0.5) is 4.79 Å². The number of ether oxygens (including phenoxy) is 2. The fraction of sp³-hybridized carbons (Fsp3) is 0.789. The summed E-state index contributed by atoms with van der Waals surface area (Å²) in [5.41, 5.74) is 0.701. The molecule has 0 radical (unpaired) electrons. The van der Waals surface area contributed by atoms with Gasteiger partial charge in [0, 0.05) is 32.5 Å². The molecule has 2 rings (SSSR count). The van der Waals surface area contributed by atoms with E-state index in [-0.39, 0.29) is 37.2 Å². The number of nitrogens with zero attached hydrogens (tertiary/aromatic N) is 5. The molecule has 1 N–H and O–H groups in total. The highest BCUT2D eigenvalue weighted by atomic mass is 16.6. The van der Waals surface area contributed by atoms with Crippen LogP contribution in [-0.4, -0.2) is 87.4 Å². The van der Waals surface area contributed by atoms with E-state index < -0.39 is 6.09 Å². The zero-order valence-corrected chi connectivity index (χ0v) is 17.8. The Bertz CT molecular complexity index is 667. The third-order valence-electron chi connectivity index (χ3n) is 5.08. The van der Waals surface area contributed by atoms with Gasteiger partial charge in [-0.05, 0) is 20.3 Å². The van der Waals surface area contributed by atoms with Crippen molar-refractivity contribution in [2.75, 3.05) is 33.4 Å². The third kappa shape index (κ3) is 6.67. The monoisotopic (exact) mass is 411 g/mol. The topological polar surface area (TPSA) is 110 Å². The fourth-order valence-corrected chi connectivity index (χ4v) is 3.27. The standard InChI is InChI=1S/C19H33N5O5/c1-5-28-19(27)22(4)11-17-14(2)9-24(15(3)12-25)18(26)7-6-8-23-10-16(13-29-17)20-21-23/h10,14-15,17,25H,5-9,11-13H2,1-4H3/t14-,15-,17+/m1/s1. The fourth-order valence-electron chi connectivity index (χ4n) is 3.27. The zero-order valence-electron chi connectivity index (χ0n) is 17.8. The number of aryl methyl sites for hydroxylation is 1. The van der Waals surface area contributed by atoms with Gasteiger partial charge in [-0.25, -0.2) is 4.79 Å². The second-order valence-corrected chi connectivity index (χ2v) is 7.56. The molecule has 0 aliphatic carbocycles. The number of aliphatic hydroxyl groups is 1. The quantitative estimate of drug-likeness (QED) is 0.766. The summed E-state index contributed by atoms with van der Waals surface area (Å²) in [5.74, 6) is -0.101. The van der Waals surface area contributed by atoms with Crippen molar-refractivity contribution in [2.24, 2.45) is 5.92 Å². The number of fused-ring (bicyclic) bond motifs is 2. The van der Waals surface area contributed by atoms with Gasteiger partial charge in [0.15, 0.2) is 0 Å². The first-order chi connectivity index (χ1) is 13.8. The van der Waals surface area contributed by atoms with Crippen LogP contribution in [0.15, 0.2) is 6.20 Å². The Morgan fingerprint density at radius 1 is 1.52 bits per heavy atom. The summed E-state index contributed by atoms with van der Waals surface area (Å²) < 4.78 is 12.9. The van der Waals surface area contributed by atoms with Gasteiger partial charge in [0.25, 0.3) is 0 Å². The van der Waals surface area contributed by atoms with Gasteiger partial charge in [0.05, 0.1) is 44.7 Å². The Balaban J connectivity index is 2.21. The van der Waals surface area contributed by atoms with Gasteiger partial charge in [-0.2, -0.15) is 0 Å². The van der Waals surface area contributed by atoms with Crippen LogP contribution in [0.1, 0.15) is 39.3 Å². The van der Waals surface area contributed by atoms with E-state index in [1.165, 1.54) is 4.90 Å². The molecule has 0 aromatic carbocycles. The first-order valence-electron chi connectivity index (χ1n) is 10.1. The van der Waals surface area contributed by atoms with Gasteiger partial charge in [-0.15, -0.1) is 5.10 Å². The van der Waals surface area contributed by atoms with Crippen LogP contribution in [0.2, 0.25) is 0 Å². The molecule has 1 aromatic rings. The van der Waals surface area contributed by atoms with E-state index in [0.717, 1.165) is 0 Å². The maximum Gasteiger partial charge on any atom is 0.409 e. The van der Waals surface area contributed by atoms with Crippen molar-refractivity contribution in [3.8, 4) is 0 Å². The first kappa shape index (κ1) is 23.1. The molecule has 10 nitrogen and oxygen atoms in total. The van der Waals surface area contributed by atoms with Crippen LogP contribution in [0.5, 0.6) is 0 Å². The van der Waals surface area contributed by atoms with Crippen molar-refractivity contribution < 1.29 is 24.2 Å². The van der Waals surface area contributed by atoms with Gasteiger partial charge in [-0.1, -0.05) is 12.1 Å². The van der Waals surface area contributed by atoms with Crippen molar-refractivity contribution in [2.45, 2.75) is 58.9 Å². The highest BCUT2D eigenvalue weighted by molar-refractivity contribution is 5.76. The lowest BCUT2D eigenvalue weighted by Crippen LogP contribution is -2.47. The summed E-state index contributed by atoms with van der Waals surface area (Å²) >= 11 is 0. The lowest BCUT2D eigenvalue weighted by Gasteiger charge is -2.35. The van der Waals surface area contributed by atoms with E-state index in [4.69, 9.17) is 9.47 Å². The van der Waals surface area contributed by atoms with E-state index in [9.17, 15) is 14.7 Å². The minimum absolute atomic E-state index is 0.0181. The lowest BCUT2D eigenvalue weighted by molar-refractivity contribution is -0.136. The molecular formula is C19H33N5O5. The second kappa shape index (κ2) is 11.1. The number of aromatic nitrogens is 3. The van der Waals surface area contributed by atoms with E-state index in [1.54, 1.807) is 23.6 Å². The van der Waals surface area contributed by atoms with E-state index in [1.807, 2.05) is 20.0 Å². The molecule has 3 atom stereocenters. The Kier molecular flexibility index (Phi) is 8.84. The van der Waals surface area contributed by atoms with Crippen LogP contribution in [0.25, 0.3) is 0 Å². The maximum absolute atomic E-state index is 12.8. The molecule has 164 valence electrons. The molecule has 0 unspecified atom stereocenters. The predicted molar refractivity (Wildman–Crippen MR) is 105 cm³/mol. The van der Waals surface area contributed by atoms with E-state index >= 15 is 0 Å². The number of amides is 2. The van der Waals surface area contributed by atoms with Crippen molar-refractivity contribution in [1.82, 2.24) is 24.8 Å². The van der Waals surface area contributed by atoms with Gasteiger partial charge in [0.2, 0.25) is 5.91 Å². The predicted octanol–water partition coefficient (Wildman–Crippen LogP) is 0.891. The number of carbonyl (C=O) groups excluding carboxylic acids is 2. The largest absolute Gasteiger partial charge is 0.450 e. The molecular weight excluding hydrogens is 378 g/mol. The summed E-state index contributed by atoms with van der Waals surface area (Å²) in [6.45, 7) is 7.32. The summed E-state index contributed by atoms with van der Waals surface area (Å²) in [7, 11) is 1.66. The molecule has 1 aliphatic rings. The number of aliphatic hydroxyl groups excluding tert-OH is 1. The third-order valence-corrected chi connectivity index (χ3v) is 5.08. The molecule has 29 heavy (non-hydrogen) atoms. The highest BCUT2D eigenvalue weighted by Gasteiger charge is 2.29. The van der Waals surface area contributed by atoms with Crippen molar-refractivity contribution in [3.05, 3.63) is 11.9 Å². The van der Waals surface area contributed by atoms with E-state index in [2.05, 4.69) is 10.3 Å². The van der Waals surface area contributed by atoms with Gasteiger partial charge >= 0.3 is 6.09 Å². The molecule has 2 bridgehead atoms. The summed E-state index contributed by atoms with van der Waals surface area (Å²) in [5, 5.41) is 17.8. The van der Waals surface area contributed by atoms with Crippen molar-refractivity contribution in [1.29, 1.82) is 0 Å². The Labute approximate surface area is 171 Å². The van der Waals surface area contributed by atoms with Crippen LogP contribution >= 0.6 is 0 Å². The number of rotatable bonds is 5. The summed E-state index contributed by atoms with van der Waals surface area (Å²) in [4.78, 5) is 28.0. The van der Waals surface area contributed by atoms with Crippen LogP contribution in [0, 0.1) is 5.92 Å². The normalized spacial score (nSPS) is 22.2. The Hall–Kier alpha value is -2.20. The first-order valence-corrected chi connectivity index (χ1v) is 10.1. The average Bonchev–Trinajstić information content (AvgIpc) is 3.15. The lowest BCUT2D eigenvalue weighted by atomic mass is 10.0. The molecule has 1 aromatic heterocycles. The smallest absolute Gasteiger partial charge is 0.409 e. The van der Waals surface area contributed by atoms with Crippen LogP contribution in [-0.2, 0) is 27.4 Å². The van der Waals surface area contributed by atoms with Gasteiger partial charge < -0.3 is 24.4 Å². The highest BCUT2D eigenvalue weighted by Crippen LogP contribution is 2.17. The molecule has 0 fully saturated rings. The van der Waals surface area contributed by atoms with Gasteiger partial charge in [0.1, 0.15) is 5.69 Å². The van der Waals surface area contributed by atoms with Crippen LogP contribution in [0.3, 0.4) is 0 Å². The number of likely N-dealkylation sites (N-methyl/N-ethyl adjacent to an activating group) is 1. The second-order valence-electron chi connectivity index (χ2n) is 7.56. The average molecular weight is 412 g/mol. The molecule has 2 amide bonds. The van der Waals surface area contributed by atoms with Gasteiger partial charge in [-0.3, -0.25) is 9.48 Å². The zero-order chi connectivity index (χ0) is 21.4. The minimum Gasteiger partial charge on any atom is -0.450 e. The minimum atomic E-state index is -0.422. The maximum atomic E-state index is 12.8. The summed E-state index contributed by atoms with van der Waals surface area (Å²) in [6.07, 6.45) is 2.04.